The number of phenolic OH excluding ortho intramolecular Hbond substituents is 1. The Morgan fingerprint density at radius 1 is 1.29 bits per heavy atom. The quantitative estimate of drug-likeness (QED) is 0.730. The molecule has 1 aliphatic rings. The van der Waals surface area contributed by atoms with E-state index in [9.17, 15) is 15.0 Å². The summed E-state index contributed by atoms with van der Waals surface area (Å²) in [7, 11) is 0. The van der Waals surface area contributed by atoms with Gasteiger partial charge in [0.25, 0.3) is 0 Å². The van der Waals surface area contributed by atoms with Gasteiger partial charge in [-0.25, -0.2) is 4.79 Å². The molecule has 0 saturated heterocycles. The van der Waals surface area contributed by atoms with Crippen molar-refractivity contribution in [1.29, 1.82) is 0 Å². The summed E-state index contributed by atoms with van der Waals surface area (Å²) < 4.78 is 0. The highest BCUT2D eigenvalue weighted by molar-refractivity contribution is 5.76. The molecule has 0 aliphatic heterocycles. The van der Waals surface area contributed by atoms with Crippen LogP contribution in [0, 0.1) is 6.92 Å². The van der Waals surface area contributed by atoms with Crippen molar-refractivity contribution in [3.63, 3.8) is 0 Å². The molecular weight excluding hydrogens is 220 g/mol. The van der Waals surface area contributed by atoms with Crippen LogP contribution in [0.5, 0.6) is 5.75 Å². The molecule has 0 aromatic heterocycles. The van der Waals surface area contributed by atoms with Crippen LogP contribution in [0.4, 0.5) is 0 Å². The van der Waals surface area contributed by atoms with Crippen molar-refractivity contribution in [1.82, 2.24) is 0 Å². The molecule has 92 valence electrons. The molecule has 0 amide bonds. The number of carboxylic acids is 1. The predicted molar refractivity (Wildman–Crippen MR) is 62.1 cm³/mol. The van der Waals surface area contributed by atoms with Gasteiger partial charge in [-0.2, -0.15) is 0 Å². The normalized spacial score (nSPS) is 16.4. The van der Waals surface area contributed by atoms with Crippen molar-refractivity contribution < 1.29 is 20.1 Å². The maximum Gasteiger partial charge on any atom is 0.337 e. The second-order valence-electron chi connectivity index (χ2n) is 4.53. The molecule has 0 fully saturated rings. The average molecular weight is 236 g/mol. The van der Waals surface area contributed by atoms with E-state index in [-0.39, 0.29) is 11.3 Å². The minimum Gasteiger partial charge on any atom is -0.508 e. The highest BCUT2D eigenvalue weighted by Crippen LogP contribution is 2.36. The van der Waals surface area contributed by atoms with Crippen molar-refractivity contribution in [2.24, 2.45) is 0 Å². The van der Waals surface area contributed by atoms with Crippen LogP contribution < -0.4 is 0 Å². The van der Waals surface area contributed by atoms with E-state index in [0.717, 1.165) is 42.4 Å². The Morgan fingerprint density at radius 2 is 1.88 bits per heavy atom. The third-order valence-electron chi connectivity index (χ3n) is 3.41. The Kier molecular flexibility index (Phi) is 3.07. The largest absolute Gasteiger partial charge is 0.508 e. The smallest absolute Gasteiger partial charge is 0.337 e. The molecule has 17 heavy (non-hydrogen) atoms. The van der Waals surface area contributed by atoms with Gasteiger partial charge in [-0.15, -0.1) is 0 Å². The number of aromatic hydroxyl groups is 1. The fourth-order valence-electron chi connectivity index (χ4n) is 2.59. The number of hydrogen-bond acceptors (Lipinski definition) is 3. The van der Waals surface area contributed by atoms with Gasteiger partial charge in [0.1, 0.15) is 5.75 Å². The van der Waals surface area contributed by atoms with Gasteiger partial charge < -0.3 is 15.3 Å². The standard InChI is InChI=1S/C13H16O4/c1-7-6-10(14)11(12(15)13(16)17)9-5-3-2-4-8(7)9/h6,12,14-15H,2-5H2,1H3,(H,16,17). The van der Waals surface area contributed by atoms with E-state index < -0.39 is 12.1 Å². The number of phenols is 1. The summed E-state index contributed by atoms with van der Waals surface area (Å²) >= 11 is 0. The highest BCUT2D eigenvalue weighted by atomic mass is 16.4. The molecule has 4 nitrogen and oxygen atoms in total. The van der Waals surface area contributed by atoms with Gasteiger partial charge in [0.05, 0.1) is 0 Å². The maximum atomic E-state index is 10.9. The summed E-state index contributed by atoms with van der Waals surface area (Å²) in [5, 5.41) is 28.4. The van der Waals surface area contributed by atoms with Crippen LogP contribution in [0.25, 0.3) is 0 Å². The third kappa shape index (κ3) is 2.00. The molecule has 2 rings (SSSR count). The van der Waals surface area contributed by atoms with Crippen molar-refractivity contribution in [2.45, 2.75) is 38.7 Å². The lowest BCUT2D eigenvalue weighted by Crippen LogP contribution is -2.17. The van der Waals surface area contributed by atoms with Crippen molar-refractivity contribution in [3.05, 3.63) is 28.3 Å². The maximum absolute atomic E-state index is 10.9. The average Bonchev–Trinajstić information content (AvgIpc) is 2.28. The number of hydrogen-bond donors (Lipinski definition) is 3. The number of aliphatic carboxylic acids is 1. The van der Waals surface area contributed by atoms with Crippen LogP contribution in [0.2, 0.25) is 0 Å². The fraction of sp³-hybridized carbons (Fsp3) is 0.462. The zero-order valence-electron chi connectivity index (χ0n) is 9.73. The van der Waals surface area contributed by atoms with E-state index >= 15 is 0 Å². The van der Waals surface area contributed by atoms with Crippen molar-refractivity contribution in [2.75, 3.05) is 0 Å². The molecule has 1 atom stereocenters. The fourth-order valence-corrected chi connectivity index (χ4v) is 2.59. The van der Waals surface area contributed by atoms with Gasteiger partial charge in [0, 0.05) is 5.56 Å². The molecule has 3 N–H and O–H groups in total. The van der Waals surface area contributed by atoms with E-state index in [1.807, 2.05) is 6.92 Å². The monoisotopic (exact) mass is 236 g/mol. The van der Waals surface area contributed by atoms with Gasteiger partial charge in [-0.3, -0.25) is 0 Å². The molecule has 0 heterocycles. The minimum absolute atomic E-state index is 0.113. The van der Waals surface area contributed by atoms with Crippen LogP contribution >= 0.6 is 0 Å². The van der Waals surface area contributed by atoms with Crippen LogP contribution in [-0.2, 0) is 17.6 Å². The van der Waals surface area contributed by atoms with E-state index in [2.05, 4.69) is 0 Å². The first-order valence-corrected chi connectivity index (χ1v) is 5.77. The Hall–Kier alpha value is -1.55. The molecule has 1 aliphatic carbocycles. The van der Waals surface area contributed by atoms with E-state index in [1.165, 1.54) is 0 Å². The van der Waals surface area contributed by atoms with E-state index in [1.54, 1.807) is 6.07 Å². The highest BCUT2D eigenvalue weighted by Gasteiger charge is 2.27. The van der Waals surface area contributed by atoms with Crippen LogP contribution in [0.3, 0.4) is 0 Å². The summed E-state index contributed by atoms with van der Waals surface area (Å²) in [6.45, 7) is 1.90. The van der Waals surface area contributed by atoms with Gasteiger partial charge in [-0.1, -0.05) is 0 Å². The SMILES string of the molecule is Cc1cc(O)c(C(O)C(=O)O)c2c1CCCC2. The molecule has 4 heteroatoms. The molecule has 0 radical (unpaired) electrons. The van der Waals surface area contributed by atoms with E-state index in [4.69, 9.17) is 5.11 Å². The first-order chi connectivity index (χ1) is 8.02. The summed E-state index contributed by atoms with van der Waals surface area (Å²) in [4.78, 5) is 10.9. The number of fused-ring (bicyclic) bond motifs is 1. The lowest BCUT2D eigenvalue weighted by molar-refractivity contribution is -0.147. The Morgan fingerprint density at radius 3 is 2.47 bits per heavy atom. The third-order valence-corrected chi connectivity index (χ3v) is 3.41. The summed E-state index contributed by atoms with van der Waals surface area (Å²) in [5.74, 6) is -1.44. The van der Waals surface area contributed by atoms with Gasteiger partial charge in [0.2, 0.25) is 0 Å². The number of benzene rings is 1. The molecule has 1 aromatic carbocycles. The molecule has 0 saturated carbocycles. The van der Waals surface area contributed by atoms with Crippen LogP contribution in [0.15, 0.2) is 6.07 Å². The lowest BCUT2D eigenvalue weighted by Gasteiger charge is -2.23. The summed E-state index contributed by atoms with van der Waals surface area (Å²) in [6.07, 6.45) is 2.02. The second-order valence-corrected chi connectivity index (χ2v) is 4.53. The van der Waals surface area contributed by atoms with Crippen molar-refractivity contribution >= 4 is 5.97 Å². The zero-order chi connectivity index (χ0) is 12.6. The van der Waals surface area contributed by atoms with Crippen LogP contribution in [-0.4, -0.2) is 21.3 Å². The number of carboxylic acid groups (broad SMARTS) is 1. The molecule has 1 unspecified atom stereocenters. The first-order valence-electron chi connectivity index (χ1n) is 5.77. The Balaban J connectivity index is 2.61. The summed E-state index contributed by atoms with van der Waals surface area (Å²) in [5.41, 5.74) is 3.06. The topological polar surface area (TPSA) is 77.8 Å². The number of aryl methyl sites for hydroxylation is 1. The van der Waals surface area contributed by atoms with Gasteiger partial charge >= 0.3 is 5.97 Å². The molecular formula is C13H16O4. The number of rotatable bonds is 2. The molecule has 1 aromatic rings. The lowest BCUT2D eigenvalue weighted by atomic mass is 9.83. The predicted octanol–water partition coefficient (Wildman–Crippen LogP) is 1.70. The second kappa shape index (κ2) is 4.37. The summed E-state index contributed by atoms with van der Waals surface area (Å²) in [6, 6.07) is 1.55. The minimum atomic E-state index is -1.64. The number of aliphatic hydroxyl groups is 1. The zero-order valence-corrected chi connectivity index (χ0v) is 9.73. The van der Waals surface area contributed by atoms with Gasteiger partial charge in [0.15, 0.2) is 6.10 Å². The molecule has 0 bridgehead atoms. The van der Waals surface area contributed by atoms with E-state index in [0.29, 0.717) is 0 Å². The van der Waals surface area contributed by atoms with Gasteiger partial charge in [-0.05, 0) is 55.4 Å². The van der Waals surface area contributed by atoms with Crippen molar-refractivity contribution in [3.8, 4) is 5.75 Å². The number of aliphatic hydroxyl groups excluding tert-OH is 1. The first kappa shape index (κ1) is 11.9. The Bertz CT molecular complexity index is 465. The Labute approximate surface area is 99.5 Å². The van der Waals surface area contributed by atoms with Crippen LogP contribution in [0.1, 0.15) is 41.2 Å². The molecule has 0 spiro atoms. The number of carbonyl (C=O) groups is 1.